The summed E-state index contributed by atoms with van der Waals surface area (Å²) in [5.41, 5.74) is 5.57. The van der Waals surface area contributed by atoms with Gasteiger partial charge in [-0.15, -0.1) is 0 Å². The van der Waals surface area contributed by atoms with Gasteiger partial charge in [-0.3, -0.25) is 4.79 Å². The Kier molecular flexibility index (Phi) is 7.61. The third-order valence-electron chi connectivity index (χ3n) is 4.97. The molecule has 1 aliphatic rings. The van der Waals surface area contributed by atoms with E-state index in [9.17, 15) is 4.79 Å². The van der Waals surface area contributed by atoms with E-state index in [0.29, 0.717) is 0 Å². The zero-order valence-corrected chi connectivity index (χ0v) is 17.0. The van der Waals surface area contributed by atoms with Crippen LogP contribution >= 0.6 is 0 Å². The molecule has 1 amide bonds. The first kappa shape index (κ1) is 20.8. The molecule has 1 saturated heterocycles. The maximum absolute atomic E-state index is 12.3. The number of amides is 1. The predicted octanol–water partition coefficient (Wildman–Crippen LogP) is 1.26. The molecule has 0 radical (unpaired) electrons. The fraction of sp³-hybridized carbons (Fsp3) is 0.364. The third-order valence-corrected chi connectivity index (χ3v) is 4.97. The summed E-state index contributed by atoms with van der Waals surface area (Å²) in [7, 11) is 1.61. The highest BCUT2D eigenvalue weighted by Gasteiger charge is 2.29. The summed E-state index contributed by atoms with van der Waals surface area (Å²) in [6, 6.07) is 17.8. The second kappa shape index (κ2) is 10.6. The maximum atomic E-state index is 12.3. The lowest BCUT2D eigenvalue weighted by Gasteiger charge is -2.31. The fourth-order valence-electron chi connectivity index (χ4n) is 3.51. The molecule has 0 bridgehead atoms. The molecule has 29 heavy (non-hydrogen) atoms. The Bertz CT molecular complexity index is 820. The zero-order valence-electron chi connectivity index (χ0n) is 17.0. The SMILES string of the molecule is COc1cccc(NCC(=O)N/N=C(/C)[C@@H](c2ccccc2)[NH+]2CCOCC2)c1. The second-order valence-corrected chi connectivity index (χ2v) is 6.99. The molecule has 0 spiro atoms. The molecule has 1 heterocycles. The molecule has 154 valence electrons. The van der Waals surface area contributed by atoms with Crippen molar-refractivity contribution in [3.05, 3.63) is 60.2 Å². The number of nitrogens with one attached hydrogen (secondary N) is 3. The first-order chi connectivity index (χ1) is 14.2. The number of quaternary nitrogens is 1. The number of nitrogens with zero attached hydrogens (tertiary/aromatic N) is 1. The molecule has 0 aromatic heterocycles. The highest BCUT2D eigenvalue weighted by molar-refractivity contribution is 5.89. The van der Waals surface area contributed by atoms with Crippen LogP contribution in [0.2, 0.25) is 0 Å². The van der Waals surface area contributed by atoms with Gasteiger partial charge >= 0.3 is 0 Å². The molecule has 3 rings (SSSR count). The van der Waals surface area contributed by atoms with Gasteiger partial charge < -0.3 is 19.7 Å². The Morgan fingerprint density at radius 3 is 2.66 bits per heavy atom. The van der Waals surface area contributed by atoms with Crippen molar-refractivity contribution in [3.63, 3.8) is 0 Å². The van der Waals surface area contributed by atoms with Crippen LogP contribution in [0, 0.1) is 0 Å². The molecule has 7 heteroatoms. The minimum absolute atomic E-state index is 0.0896. The zero-order chi connectivity index (χ0) is 20.5. The Morgan fingerprint density at radius 2 is 1.93 bits per heavy atom. The van der Waals surface area contributed by atoms with Crippen molar-refractivity contribution in [3.8, 4) is 5.75 Å². The van der Waals surface area contributed by atoms with Crippen molar-refractivity contribution in [2.45, 2.75) is 13.0 Å². The van der Waals surface area contributed by atoms with Crippen LogP contribution in [0.5, 0.6) is 5.75 Å². The predicted molar refractivity (Wildman–Crippen MR) is 113 cm³/mol. The Labute approximate surface area is 171 Å². The average molecular weight is 397 g/mol. The van der Waals surface area contributed by atoms with Gasteiger partial charge in [0.2, 0.25) is 0 Å². The van der Waals surface area contributed by atoms with Gasteiger partial charge in [-0.2, -0.15) is 5.10 Å². The minimum atomic E-state index is -0.198. The van der Waals surface area contributed by atoms with E-state index < -0.39 is 0 Å². The summed E-state index contributed by atoms with van der Waals surface area (Å²) in [5.74, 6) is 0.541. The van der Waals surface area contributed by atoms with Crippen LogP contribution in [-0.2, 0) is 9.53 Å². The number of methoxy groups -OCH3 is 1. The van der Waals surface area contributed by atoms with E-state index in [1.807, 2.05) is 49.4 Å². The van der Waals surface area contributed by atoms with Crippen LogP contribution in [0.15, 0.2) is 59.7 Å². The lowest BCUT2D eigenvalue weighted by atomic mass is 10.0. The standard InChI is InChI=1S/C22H28N4O3/c1-17(22(18-7-4-3-5-8-18)26-11-13-29-14-12-26)24-25-21(27)16-23-19-9-6-10-20(15-19)28-2/h3-10,15,22-23H,11-14,16H2,1-2H3,(H,25,27)/p+1/b24-17-/t22-/m0/s1. The molecule has 3 N–H and O–H groups in total. The number of hydrogen-bond donors (Lipinski definition) is 3. The van der Waals surface area contributed by atoms with E-state index in [0.717, 1.165) is 43.5 Å². The minimum Gasteiger partial charge on any atom is -0.497 e. The van der Waals surface area contributed by atoms with Crippen LogP contribution in [0.25, 0.3) is 0 Å². The van der Waals surface area contributed by atoms with Gasteiger partial charge in [0, 0.05) is 17.3 Å². The maximum Gasteiger partial charge on any atom is 0.259 e. The number of morpholine rings is 1. The molecular weight excluding hydrogens is 368 g/mol. The lowest BCUT2D eigenvalue weighted by Crippen LogP contribution is -3.15. The normalized spacial score (nSPS) is 16.1. The van der Waals surface area contributed by atoms with Gasteiger partial charge in [0.1, 0.15) is 18.8 Å². The molecule has 1 atom stereocenters. The summed E-state index contributed by atoms with van der Waals surface area (Å²) >= 11 is 0. The second-order valence-electron chi connectivity index (χ2n) is 6.99. The molecule has 2 aromatic carbocycles. The molecule has 0 unspecified atom stereocenters. The first-order valence-corrected chi connectivity index (χ1v) is 9.85. The highest BCUT2D eigenvalue weighted by Crippen LogP contribution is 2.16. The van der Waals surface area contributed by atoms with Gasteiger partial charge in [-0.25, -0.2) is 5.43 Å². The van der Waals surface area contributed by atoms with Crippen molar-refractivity contribution < 1.29 is 19.2 Å². The number of carbonyl (C=O) groups is 1. The molecule has 1 fully saturated rings. The van der Waals surface area contributed by atoms with Crippen LogP contribution in [-0.4, -0.2) is 51.6 Å². The van der Waals surface area contributed by atoms with E-state index in [1.165, 1.54) is 10.5 Å². The van der Waals surface area contributed by atoms with Gasteiger partial charge in [0.05, 0.1) is 32.6 Å². The summed E-state index contributed by atoms with van der Waals surface area (Å²) in [4.78, 5) is 13.7. The molecular formula is C22H29N4O3+. The summed E-state index contributed by atoms with van der Waals surface area (Å²) < 4.78 is 10.7. The molecule has 0 saturated carbocycles. The Hall–Kier alpha value is -2.90. The lowest BCUT2D eigenvalue weighted by molar-refractivity contribution is -0.928. The van der Waals surface area contributed by atoms with Crippen molar-refractivity contribution in [1.29, 1.82) is 0 Å². The number of carbonyl (C=O) groups excluding carboxylic acids is 1. The first-order valence-electron chi connectivity index (χ1n) is 9.85. The number of hydrogen-bond acceptors (Lipinski definition) is 5. The van der Waals surface area contributed by atoms with Crippen LogP contribution in [0.3, 0.4) is 0 Å². The number of ether oxygens (including phenoxy) is 2. The van der Waals surface area contributed by atoms with Crippen molar-refractivity contribution in [2.75, 3.05) is 45.3 Å². The summed E-state index contributed by atoms with van der Waals surface area (Å²) in [5, 5.41) is 7.50. The largest absolute Gasteiger partial charge is 0.497 e. The molecule has 2 aromatic rings. The molecule has 1 aliphatic heterocycles. The van der Waals surface area contributed by atoms with Crippen LogP contribution in [0.4, 0.5) is 5.69 Å². The van der Waals surface area contributed by atoms with E-state index in [1.54, 1.807) is 7.11 Å². The molecule has 0 aliphatic carbocycles. The number of anilines is 1. The quantitative estimate of drug-likeness (QED) is 0.463. The average Bonchev–Trinajstić information content (AvgIpc) is 2.78. The number of rotatable bonds is 8. The van der Waals surface area contributed by atoms with Gasteiger partial charge in [0.25, 0.3) is 5.91 Å². The number of hydrazone groups is 1. The van der Waals surface area contributed by atoms with Gasteiger partial charge in [-0.1, -0.05) is 36.4 Å². The smallest absolute Gasteiger partial charge is 0.259 e. The Morgan fingerprint density at radius 1 is 1.17 bits per heavy atom. The van der Waals surface area contributed by atoms with Crippen LogP contribution in [0.1, 0.15) is 18.5 Å². The van der Waals surface area contributed by atoms with Crippen molar-refractivity contribution >= 4 is 17.3 Å². The van der Waals surface area contributed by atoms with E-state index in [4.69, 9.17) is 9.47 Å². The van der Waals surface area contributed by atoms with Crippen molar-refractivity contribution in [1.82, 2.24) is 5.43 Å². The monoisotopic (exact) mass is 397 g/mol. The van der Waals surface area contributed by atoms with E-state index in [2.05, 4.69) is 28.0 Å². The van der Waals surface area contributed by atoms with Crippen LogP contribution < -0.4 is 20.4 Å². The topological polar surface area (TPSA) is 76.4 Å². The van der Waals surface area contributed by atoms with Crippen molar-refractivity contribution in [2.24, 2.45) is 5.10 Å². The fourth-order valence-corrected chi connectivity index (χ4v) is 3.51. The summed E-state index contributed by atoms with van der Waals surface area (Å²) in [6.45, 7) is 5.40. The number of benzene rings is 2. The van der Waals surface area contributed by atoms with Gasteiger partial charge in [-0.05, 0) is 19.1 Å². The Balaban J connectivity index is 1.62. The summed E-state index contributed by atoms with van der Waals surface area (Å²) in [6.07, 6.45) is 0. The molecule has 7 nitrogen and oxygen atoms in total. The van der Waals surface area contributed by atoms with E-state index >= 15 is 0 Å². The third kappa shape index (κ3) is 6.04. The van der Waals surface area contributed by atoms with Gasteiger partial charge in [0.15, 0.2) is 6.04 Å². The van der Waals surface area contributed by atoms with E-state index in [-0.39, 0.29) is 18.5 Å². The highest BCUT2D eigenvalue weighted by atomic mass is 16.5.